The van der Waals surface area contributed by atoms with Crippen molar-refractivity contribution in [3.05, 3.63) is 63.9 Å². The summed E-state index contributed by atoms with van der Waals surface area (Å²) in [6, 6.07) is 7.48. The lowest BCUT2D eigenvalue weighted by molar-refractivity contribution is -0.251. The molecule has 1 atom stereocenters. The quantitative estimate of drug-likeness (QED) is 0.0743. The van der Waals surface area contributed by atoms with Gasteiger partial charge in [-0.05, 0) is 67.6 Å². The summed E-state index contributed by atoms with van der Waals surface area (Å²) in [4.78, 5) is 82.9. The number of hydrogen-bond donors (Lipinski definition) is 4. The monoisotopic (exact) mass is 802 g/mol. The molecule has 5 N–H and O–H groups in total. The van der Waals surface area contributed by atoms with Gasteiger partial charge in [-0.25, -0.2) is 9.78 Å². The molecule has 1 heterocycles. The van der Waals surface area contributed by atoms with Gasteiger partial charge < -0.3 is 30.2 Å². The van der Waals surface area contributed by atoms with Gasteiger partial charge in [-0.2, -0.15) is 13.2 Å². The van der Waals surface area contributed by atoms with E-state index in [1.807, 2.05) is 0 Å². The Morgan fingerprint density at radius 2 is 1.67 bits per heavy atom. The SMILES string of the molecule is COC(=O)[C@H](CCC(=O)CCCOC1(OCCN)CCCCC1)NC(=O)c1ccc(N(Cc2ccc3nc(NC(=O)C(C)C)[nH]c(=O)c3c2)C(=O)C(F)(F)F)cc1. The van der Waals surface area contributed by atoms with Crippen molar-refractivity contribution in [1.82, 2.24) is 15.3 Å². The normalized spacial score (nSPS) is 14.5. The molecule has 0 saturated heterocycles. The number of alkyl halides is 3. The summed E-state index contributed by atoms with van der Waals surface area (Å²) in [5.74, 6) is -5.50. The molecule has 1 fully saturated rings. The van der Waals surface area contributed by atoms with Crippen LogP contribution in [-0.2, 0) is 39.9 Å². The van der Waals surface area contributed by atoms with Crippen LogP contribution in [0.1, 0.15) is 87.6 Å². The number of rotatable bonds is 19. The maximum absolute atomic E-state index is 13.8. The third-order valence-electron chi connectivity index (χ3n) is 9.37. The van der Waals surface area contributed by atoms with Crippen molar-refractivity contribution in [3.63, 3.8) is 0 Å². The van der Waals surface area contributed by atoms with Crippen LogP contribution in [0, 0.1) is 5.92 Å². The first-order valence-electron chi connectivity index (χ1n) is 18.8. The number of nitrogens with one attached hydrogen (secondary N) is 3. The van der Waals surface area contributed by atoms with Gasteiger partial charge in [0.15, 0.2) is 5.79 Å². The number of H-pyrrole nitrogens is 1. The Balaban J connectivity index is 1.40. The summed E-state index contributed by atoms with van der Waals surface area (Å²) < 4.78 is 58.1. The predicted molar refractivity (Wildman–Crippen MR) is 203 cm³/mol. The first-order chi connectivity index (χ1) is 27.1. The molecule has 15 nitrogen and oxygen atoms in total. The minimum absolute atomic E-state index is 0.00841. The molecule has 1 aliphatic rings. The van der Waals surface area contributed by atoms with Gasteiger partial charge in [-0.15, -0.1) is 0 Å². The van der Waals surface area contributed by atoms with Crippen LogP contribution in [0.15, 0.2) is 47.3 Å². The second-order valence-electron chi connectivity index (χ2n) is 14.0. The Kier molecular flexibility index (Phi) is 15.8. The average Bonchev–Trinajstić information content (AvgIpc) is 3.19. The molecular formula is C39H49F3N6O9. The molecule has 1 saturated carbocycles. The number of carbonyl (C=O) groups is 5. The largest absolute Gasteiger partial charge is 0.471 e. The first kappa shape index (κ1) is 44.5. The Bertz CT molecular complexity index is 1950. The number of methoxy groups -OCH3 is 1. The van der Waals surface area contributed by atoms with E-state index in [1.165, 1.54) is 30.3 Å². The van der Waals surface area contributed by atoms with E-state index < -0.39 is 53.8 Å². The number of anilines is 2. The smallest absolute Gasteiger partial charge is 0.467 e. The van der Waals surface area contributed by atoms with E-state index in [1.54, 1.807) is 13.8 Å². The molecule has 3 amide bonds. The highest BCUT2D eigenvalue weighted by Crippen LogP contribution is 2.33. The number of aromatic nitrogens is 2. The topological polar surface area (TPSA) is 212 Å². The summed E-state index contributed by atoms with van der Waals surface area (Å²) >= 11 is 0. The minimum atomic E-state index is -5.27. The number of aromatic amines is 1. The van der Waals surface area contributed by atoms with Gasteiger partial charge in [-0.3, -0.25) is 34.3 Å². The lowest BCUT2D eigenvalue weighted by Gasteiger charge is -2.37. The fourth-order valence-electron chi connectivity index (χ4n) is 6.27. The predicted octanol–water partition coefficient (Wildman–Crippen LogP) is 4.67. The lowest BCUT2D eigenvalue weighted by Crippen LogP contribution is -2.42. The summed E-state index contributed by atoms with van der Waals surface area (Å²) in [5, 5.41) is 5.00. The number of Topliss-reactive ketones (excluding diaryl/α,β-unsaturated/α-hetero) is 1. The second-order valence-corrected chi connectivity index (χ2v) is 14.0. The van der Waals surface area contributed by atoms with Crippen LogP contribution in [0.5, 0.6) is 0 Å². The fraction of sp³-hybridized carbons (Fsp3) is 0.513. The zero-order valence-corrected chi connectivity index (χ0v) is 32.2. The number of nitrogens with two attached hydrogens (primary N) is 1. The number of amides is 3. The molecule has 1 aliphatic carbocycles. The standard InChI is InChI=1S/C39H49F3N6O9/c1-24(2)32(50)46-37-45-30-15-9-25(22-29(30)34(52)47-37)23-48(36(54)39(40,41)42)27-12-10-26(11-13-27)33(51)44-31(35(53)55-3)16-14-28(49)8-7-20-56-38(57-21-19-43)17-5-4-6-18-38/h9-13,15,22,24,31H,4-8,14,16-21,23,43H2,1-3H3,(H,44,51)(H2,45,46,47,50,52)/t31-/m0/s1. The van der Waals surface area contributed by atoms with Gasteiger partial charge in [0.05, 0.1) is 37.8 Å². The van der Waals surface area contributed by atoms with Crippen LogP contribution in [0.25, 0.3) is 10.9 Å². The van der Waals surface area contributed by atoms with Crippen LogP contribution in [-0.4, -0.2) is 84.3 Å². The first-order valence-corrected chi connectivity index (χ1v) is 18.8. The molecular weight excluding hydrogens is 753 g/mol. The molecule has 2 aromatic carbocycles. The van der Waals surface area contributed by atoms with E-state index in [-0.39, 0.29) is 64.6 Å². The molecule has 4 rings (SSSR count). The van der Waals surface area contributed by atoms with Crippen molar-refractivity contribution >= 4 is 52.0 Å². The van der Waals surface area contributed by atoms with Crippen LogP contribution in [0.4, 0.5) is 24.8 Å². The summed E-state index contributed by atoms with van der Waals surface area (Å²) in [6.07, 6.45) is -0.219. The van der Waals surface area contributed by atoms with E-state index in [0.29, 0.717) is 31.1 Å². The highest BCUT2D eigenvalue weighted by Gasteiger charge is 2.43. The van der Waals surface area contributed by atoms with Crippen LogP contribution in [0.3, 0.4) is 0 Å². The van der Waals surface area contributed by atoms with Gasteiger partial charge >= 0.3 is 18.1 Å². The molecule has 0 unspecified atom stereocenters. The van der Waals surface area contributed by atoms with Gasteiger partial charge in [-0.1, -0.05) is 26.3 Å². The molecule has 0 bridgehead atoms. The van der Waals surface area contributed by atoms with Crippen molar-refractivity contribution in [3.8, 4) is 0 Å². The number of hydrogen-bond acceptors (Lipinski definition) is 11. The number of halogens is 3. The molecule has 1 aromatic heterocycles. The highest BCUT2D eigenvalue weighted by atomic mass is 19.4. The van der Waals surface area contributed by atoms with Crippen molar-refractivity contribution < 1.29 is 51.4 Å². The Hall–Kier alpha value is -5.20. The van der Waals surface area contributed by atoms with E-state index >= 15 is 0 Å². The zero-order chi connectivity index (χ0) is 41.8. The third kappa shape index (κ3) is 12.6. The fourth-order valence-corrected chi connectivity index (χ4v) is 6.27. The maximum Gasteiger partial charge on any atom is 0.471 e. The average molecular weight is 803 g/mol. The number of esters is 1. The number of carbonyl (C=O) groups excluding carboxylic acids is 5. The Morgan fingerprint density at radius 1 is 0.982 bits per heavy atom. The van der Waals surface area contributed by atoms with Crippen LogP contribution >= 0.6 is 0 Å². The summed E-state index contributed by atoms with van der Waals surface area (Å²) in [5.41, 5.74) is 4.98. The van der Waals surface area contributed by atoms with Crippen molar-refractivity contribution in [2.75, 3.05) is 37.1 Å². The molecule has 310 valence electrons. The molecule has 57 heavy (non-hydrogen) atoms. The number of ether oxygens (including phenoxy) is 3. The van der Waals surface area contributed by atoms with Gasteiger partial charge in [0.2, 0.25) is 11.9 Å². The number of benzene rings is 2. The van der Waals surface area contributed by atoms with Crippen molar-refractivity contribution in [2.24, 2.45) is 11.7 Å². The summed E-state index contributed by atoms with van der Waals surface area (Å²) in [6.45, 7) is 3.74. The molecule has 0 spiro atoms. The Morgan fingerprint density at radius 3 is 2.30 bits per heavy atom. The number of fused-ring (bicyclic) bond motifs is 1. The Labute approximate surface area is 327 Å². The minimum Gasteiger partial charge on any atom is -0.467 e. The number of nitrogens with zero attached hydrogens (tertiary/aromatic N) is 2. The highest BCUT2D eigenvalue weighted by molar-refractivity contribution is 6.00. The number of ketones is 1. The van der Waals surface area contributed by atoms with Crippen LogP contribution in [0.2, 0.25) is 0 Å². The second kappa shape index (κ2) is 20.3. The maximum atomic E-state index is 13.8. The van der Waals surface area contributed by atoms with Gasteiger partial charge in [0.1, 0.15) is 11.8 Å². The molecule has 0 aliphatic heterocycles. The third-order valence-corrected chi connectivity index (χ3v) is 9.37. The van der Waals surface area contributed by atoms with E-state index in [0.717, 1.165) is 51.3 Å². The van der Waals surface area contributed by atoms with Gasteiger partial charge in [0.25, 0.3) is 11.5 Å². The molecule has 3 aromatic rings. The zero-order valence-electron chi connectivity index (χ0n) is 32.2. The molecule has 18 heteroatoms. The summed E-state index contributed by atoms with van der Waals surface area (Å²) in [7, 11) is 1.13. The lowest BCUT2D eigenvalue weighted by atomic mass is 9.94. The van der Waals surface area contributed by atoms with E-state index in [4.69, 9.17) is 19.9 Å². The van der Waals surface area contributed by atoms with E-state index in [9.17, 15) is 41.9 Å². The van der Waals surface area contributed by atoms with E-state index in [2.05, 4.69) is 20.6 Å². The molecule has 0 radical (unpaired) electrons. The van der Waals surface area contributed by atoms with Crippen LogP contribution < -0.4 is 26.8 Å². The van der Waals surface area contributed by atoms with Crippen molar-refractivity contribution in [2.45, 2.75) is 96.2 Å². The van der Waals surface area contributed by atoms with Gasteiger partial charge in [0, 0.05) is 49.4 Å². The van der Waals surface area contributed by atoms with Crippen molar-refractivity contribution in [1.29, 1.82) is 0 Å².